The van der Waals surface area contributed by atoms with Crippen molar-refractivity contribution < 1.29 is 19.5 Å². The van der Waals surface area contributed by atoms with Crippen molar-refractivity contribution in [3.8, 4) is 11.8 Å². The lowest BCUT2D eigenvalue weighted by Crippen LogP contribution is -2.71. The number of likely N-dealkylation sites (N-methyl/N-ethyl adjacent to an activating group) is 1. The van der Waals surface area contributed by atoms with Gasteiger partial charge in [-0.1, -0.05) is 6.07 Å². The lowest BCUT2D eigenvalue weighted by atomic mass is 9.69. The third-order valence-corrected chi connectivity index (χ3v) is 9.27. The molecule has 0 radical (unpaired) electrons. The van der Waals surface area contributed by atoms with Gasteiger partial charge in [0, 0.05) is 46.5 Å². The number of rotatable bonds is 3. The highest BCUT2D eigenvalue weighted by atomic mass is 16.3. The summed E-state index contributed by atoms with van der Waals surface area (Å²) in [5.41, 5.74) is 11.1. The standard InChI is InChI=1S/C29H35N5O4/c1-12-7-17-8-19-21(10-30)34-20(25(33(19)6)23(17)27(36)13(12)2)9-18-24(22(34)11-32-29(38)16(5)31)28(37)15(4)14(3)26(18)35/h7,16,19-22,25,36H,8-9,11,31H2,1-6H3,(H,32,38)/t16-,19+,20?,21-,22-,25-/m0/s1. The van der Waals surface area contributed by atoms with Gasteiger partial charge in [0.1, 0.15) is 11.8 Å². The van der Waals surface area contributed by atoms with E-state index in [1.165, 1.54) is 0 Å². The quantitative estimate of drug-likeness (QED) is 0.513. The largest absolute Gasteiger partial charge is 0.507 e. The van der Waals surface area contributed by atoms with Crippen LogP contribution in [0.5, 0.6) is 5.75 Å². The molecule has 38 heavy (non-hydrogen) atoms. The van der Waals surface area contributed by atoms with E-state index in [0.29, 0.717) is 28.7 Å². The Bertz CT molecular complexity index is 1380. The lowest BCUT2D eigenvalue weighted by molar-refractivity contribution is -0.124. The first-order chi connectivity index (χ1) is 17.9. The summed E-state index contributed by atoms with van der Waals surface area (Å²) >= 11 is 0. The van der Waals surface area contributed by atoms with E-state index in [0.717, 1.165) is 22.3 Å². The van der Waals surface area contributed by atoms with Gasteiger partial charge in [-0.2, -0.15) is 5.26 Å². The second-order valence-electron chi connectivity index (χ2n) is 11.3. The maximum atomic E-state index is 13.7. The van der Waals surface area contributed by atoms with Crippen LogP contribution in [-0.4, -0.2) is 76.2 Å². The first-order valence-corrected chi connectivity index (χ1v) is 13.1. The van der Waals surface area contributed by atoms with Gasteiger partial charge < -0.3 is 16.2 Å². The molecule has 0 saturated carbocycles. The highest BCUT2D eigenvalue weighted by Crippen LogP contribution is 2.52. The van der Waals surface area contributed by atoms with Crippen molar-refractivity contribution in [3.63, 3.8) is 0 Å². The van der Waals surface area contributed by atoms with Crippen LogP contribution in [0.2, 0.25) is 0 Å². The fourth-order valence-electron chi connectivity index (χ4n) is 6.93. The number of amides is 1. The molecule has 1 aromatic carbocycles. The predicted octanol–water partition coefficient (Wildman–Crippen LogP) is 1.50. The minimum Gasteiger partial charge on any atom is -0.507 e. The summed E-state index contributed by atoms with van der Waals surface area (Å²) < 4.78 is 0. The zero-order valence-corrected chi connectivity index (χ0v) is 22.8. The van der Waals surface area contributed by atoms with Crippen molar-refractivity contribution in [2.75, 3.05) is 13.6 Å². The monoisotopic (exact) mass is 517 g/mol. The molecule has 1 fully saturated rings. The molecule has 1 amide bonds. The van der Waals surface area contributed by atoms with Crippen LogP contribution in [0.3, 0.4) is 0 Å². The van der Waals surface area contributed by atoms with Gasteiger partial charge in [-0.05, 0) is 71.2 Å². The van der Waals surface area contributed by atoms with Crippen molar-refractivity contribution in [2.24, 2.45) is 5.73 Å². The van der Waals surface area contributed by atoms with Crippen LogP contribution >= 0.6 is 0 Å². The van der Waals surface area contributed by atoms with Crippen molar-refractivity contribution >= 4 is 17.5 Å². The molecule has 0 spiro atoms. The van der Waals surface area contributed by atoms with Crippen LogP contribution in [0.4, 0.5) is 0 Å². The van der Waals surface area contributed by atoms with Crippen molar-refractivity contribution in [1.29, 1.82) is 5.26 Å². The number of phenols is 1. The van der Waals surface area contributed by atoms with Crippen molar-refractivity contribution in [3.05, 3.63) is 50.6 Å². The Labute approximate surface area is 223 Å². The molecule has 1 saturated heterocycles. The molecular formula is C29H35N5O4. The Morgan fingerprint density at radius 3 is 2.47 bits per heavy atom. The number of nitrogens with one attached hydrogen (secondary N) is 1. The predicted molar refractivity (Wildman–Crippen MR) is 141 cm³/mol. The fraction of sp³-hybridized carbons (Fsp3) is 0.517. The SMILES string of the molecule is CC1=C(C)C(=O)C2=C(CC3[C@H]4c5c(cc(C)c(C)c5O)C[C@H]([C@H](C#N)N3[C@H]2CNC(=O)[C@H](C)N)N4C)C1=O. The van der Waals surface area contributed by atoms with E-state index in [-0.39, 0.29) is 54.3 Å². The zero-order chi connectivity index (χ0) is 27.8. The van der Waals surface area contributed by atoms with E-state index >= 15 is 0 Å². The number of nitrogens with zero attached hydrogens (tertiary/aromatic N) is 3. The molecule has 1 aliphatic carbocycles. The number of hydrogen-bond donors (Lipinski definition) is 3. The summed E-state index contributed by atoms with van der Waals surface area (Å²) in [5, 5.41) is 24.7. The average Bonchev–Trinajstić information content (AvgIpc) is 2.88. The number of Topliss-reactive ketones (excluding diaryl/α,β-unsaturated/α-hetero) is 2. The molecule has 1 unspecified atom stereocenters. The first kappa shape index (κ1) is 26.3. The van der Waals surface area contributed by atoms with Gasteiger partial charge in [-0.3, -0.25) is 24.2 Å². The first-order valence-electron chi connectivity index (χ1n) is 13.1. The highest BCUT2D eigenvalue weighted by Gasteiger charge is 2.57. The van der Waals surface area contributed by atoms with Gasteiger partial charge in [0.25, 0.3) is 0 Å². The lowest BCUT2D eigenvalue weighted by Gasteiger charge is -2.60. The molecule has 9 nitrogen and oxygen atoms in total. The molecule has 200 valence electrons. The molecule has 4 aliphatic rings. The number of carbonyl (C=O) groups excluding carboxylic acids is 3. The second kappa shape index (κ2) is 9.16. The van der Waals surface area contributed by atoms with Gasteiger partial charge in [-0.15, -0.1) is 0 Å². The Balaban J connectivity index is 1.72. The van der Waals surface area contributed by atoms with E-state index in [1.807, 2.05) is 25.8 Å². The molecule has 6 atom stereocenters. The van der Waals surface area contributed by atoms with E-state index in [1.54, 1.807) is 20.8 Å². The number of fused-ring (bicyclic) bond motifs is 6. The number of phenolic OH excluding ortho intramolecular Hbond substituents is 1. The van der Waals surface area contributed by atoms with Crippen LogP contribution in [0.15, 0.2) is 28.4 Å². The zero-order valence-electron chi connectivity index (χ0n) is 22.8. The minimum atomic E-state index is -0.746. The van der Waals surface area contributed by atoms with E-state index in [9.17, 15) is 24.8 Å². The normalized spacial score (nSPS) is 29.9. The van der Waals surface area contributed by atoms with Crippen molar-refractivity contribution in [2.45, 2.75) is 83.7 Å². The molecule has 9 heteroatoms. The number of carbonyl (C=O) groups is 3. The molecule has 0 aromatic heterocycles. The summed E-state index contributed by atoms with van der Waals surface area (Å²) in [6.45, 7) is 8.82. The van der Waals surface area contributed by atoms with Gasteiger partial charge in [0.15, 0.2) is 11.6 Å². The van der Waals surface area contributed by atoms with Crippen LogP contribution in [0, 0.1) is 25.2 Å². The van der Waals surface area contributed by atoms with Crippen LogP contribution < -0.4 is 11.1 Å². The van der Waals surface area contributed by atoms with E-state index in [4.69, 9.17) is 5.73 Å². The smallest absolute Gasteiger partial charge is 0.236 e. The van der Waals surface area contributed by atoms with E-state index < -0.39 is 18.1 Å². The Kier molecular flexibility index (Phi) is 6.33. The third kappa shape index (κ3) is 3.58. The average molecular weight is 518 g/mol. The topological polar surface area (TPSA) is 140 Å². The minimum absolute atomic E-state index is 0.0498. The number of nitrogens with two attached hydrogens (primary N) is 1. The number of aryl methyl sites for hydroxylation is 1. The summed E-state index contributed by atoms with van der Waals surface area (Å²) in [7, 11) is 1.97. The molecule has 3 heterocycles. The summed E-state index contributed by atoms with van der Waals surface area (Å²) in [4.78, 5) is 43.9. The van der Waals surface area contributed by atoms with Gasteiger partial charge in [0.05, 0.1) is 24.2 Å². The molecule has 5 rings (SSSR count). The summed E-state index contributed by atoms with van der Waals surface area (Å²) in [6.07, 6.45) is 0.835. The van der Waals surface area contributed by atoms with Gasteiger partial charge >= 0.3 is 0 Å². The van der Waals surface area contributed by atoms with Gasteiger partial charge in [-0.25, -0.2) is 0 Å². The number of allylic oxidation sites excluding steroid dienone is 2. The molecule has 2 bridgehead atoms. The highest BCUT2D eigenvalue weighted by molar-refractivity contribution is 6.25. The maximum absolute atomic E-state index is 13.7. The van der Waals surface area contributed by atoms with E-state index in [2.05, 4.69) is 22.4 Å². The number of hydrogen-bond acceptors (Lipinski definition) is 8. The number of piperazine rings is 1. The molecule has 4 N–H and O–H groups in total. The molecule has 1 aromatic rings. The summed E-state index contributed by atoms with van der Waals surface area (Å²) in [6, 6.07) is 1.71. The molecule has 3 aliphatic heterocycles. The number of aromatic hydroxyl groups is 1. The third-order valence-electron chi connectivity index (χ3n) is 9.27. The number of nitriles is 1. The Morgan fingerprint density at radius 2 is 1.84 bits per heavy atom. The van der Waals surface area contributed by atoms with Crippen molar-refractivity contribution in [1.82, 2.24) is 15.1 Å². The van der Waals surface area contributed by atoms with Crippen LogP contribution in [0.25, 0.3) is 0 Å². The summed E-state index contributed by atoms with van der Waals surface area (Å²) in [5.74, 6) is -0.514. The fourth-order valence-corrected chi connectivity index (χ4v) is 6.93. The van der Waals surface area contributed by atoms with Gasteiger partial charge in [0.2, 0.25) is 5.91 Å². The molecular weight excluding hydrogens is 482 g/mol. The Hall–Kier alpha value is -3.32. The van der Waals surface area contributed by atoms with Crippen LogP contribution in [-0.2, 0) is 20.8 Å². The van der Waals surface area contributed by atoms with Crippen LogP contribution in [0.1, 0.15) is 55.5 Å². The second-order valence-corrected chi connectivity index (χ2v) is 11.3. The number of benzene rings is 1. The number of ketones is 2. The Morgan fingerprint density at radius 1 is 1.18 bits per heavy atom. The maximum Gasteiger partial charge on any atom is 0.236 e.